The second kappa shape index (κ2) is 10.6. The highest BCUT2D eigenvalue weighted by molar-refractivity contribution is 5.72. The Balaban J connectivity index is 0.987. The van der Waals surface area contributed by atoms with Crippen molar-refractivity contribution in [3.63, 3.8) is 0 Å². The molecule has 10 rings (SSSR count). The Morgan fingerprint density at radius 3 is 1.85 bits per heavy atom. The van der Waals surface area contributed by atoms with Gasteiger partial charge in [-0.05, 0) is 98.8 Å². The van der Waals surface area contributed by atoms with Crippen LogP contribution in [0.25, 0.3) is 11.1 Å². The van der Waals surface area contributed by atoms with Crippen LogP contribution in [0.15, 0.2) is 59.9 Å². The second-order valence-electron chi connectivity index (χ2n) is 15.1. The maximum atomic E-state index is 12.5. The highest BCUT2D eigenvalue weighted by atomic mass is 16.1. The highest BCUT2D eigenvalue weighted by Crippen LogP contribution is 2.56. The van der Waals surface area contributed by atoms with Crippen LogP contribution in [0.4, 0.5) is 0 Å². The number of fused-ring (bicyclic) bond motifs is 14. The fraction of sp³-hybridized carbons (Fsp3) is 0.450. The van der Waals surface area contributed by atoms with Crippen molar-refractivity contribution in [2.24, 2.45) is 0 Å². The fourth-order valence-corrected chi connectivity index (χ4v) is 11.0. The van der Waals surface area contributed by atoms with E-state index in [1.165, 1.54) is 28.7 Å². The lowest BCUT2D eigenvalue weighted by atomic mass is 9.79. The maximum absolute atomic E-state index is 12.5. The van der Waals surface area contributed by atoms with E-state index in [9.17, 15) is 9.59 Å². The zero-order valence-corrected chi connectivity index (χ0v) is 27.5. The number of imidazole rings is 2. The van der Waals surface area contributed by atoms with E-state index in [0.29, 0.717) is 18.1 Å². The SMILES string of the molecule is Cc1c(-c2ccc(C3C(=C=O)CC4C3c3cnc([nH]3)C3CCCN34)cc2)ccc([C@H]2C(=C=O)CC3[C@H]2c2cnc([nH]2)C2CCCN23)c1C. The molecule has 8 nitrogen and oxygen atoms in total. The average Bonchev–Trinajstić information content (AvgIpc) is 3.94. The van der Waals surface area contributed by atoms with Gasteiger partial charge in [0.2, 0.25) is 0 Å². The van der Waals surface area contributed by atoms with Gasteiger partial charge in [0.25, 0.3) is 0 Å². The lowest BCUT2D eigenvalue weighted by molar-refractivity contribution is 0.167. The number of nitrogens with zero attached hydrogens (tertiary/aromatic N) is 4. The van der Waals surface area contributed by atoms with E-state index >= 15 is 0 Å². The van der Waals surface area contributed by atoms with E-state index in [4.69, 9.17) is 9.97 Å². The number of benzene rings is 2. The van der Waals surface area contributed by atoms with Gasteiger partial charge in [0, 0.05) is 70.7 Å². The van der Waals surface area contributed by atoms with Gasteiger partial charge in [-0.1, -0.05) is 36.4 Å². The van der Waals surface area contributed by atoms with Crippen molar-refractivity contribution in [2.75, 3.05) is 13.1 Å². The molecule has 2 aromatic heterocycles. The monoisotopic (exact) mass is 636 g/mol. The minimum absolute atomic E-state index is 0.0129. The molecule has 4 fully saturated rings. The zero-order chi connectivity index (χ0) is 32.3. The lowest BCUT2D eigenvalue weighted by Gasteiger charge is -2.33. The molecule has 48 heavy (non-hydrogen) atoms. The summed E-state index contributed by atoms with van der Waals surface area (Å²) in [5.41, 5.74) is 11.2. The first-order valence-electron chi connectivity index (χ1n) is 17.8. The van der Waals surface area contributed by atoms with Gasteiger partial charge < -0.3 is 9.97 Å². The van der Waals surface area contributed by atoms with Crippen LogP contribution in [0.5, 0.6) is 0 Å². The molecule has 6 unspecified atom stereocenters. The minimum atomic E-state index is -0.0167. The largest absolute Gasteiger partial charge is 0.344 e. The van der Waals surface area contributed by atoms with E-state index in [2.05, 4.69) is 81.9 Å². The smallest absolute Gasteiger partial charge is 0.124 e. The van der Waals surface area contributed by atoms with Crippen LogP contribution >= 0.6 is 0 Å². The van der Waals surface area contributed by atoms with Crippen molar-refractivity contribution < 1.29 is 9.59 Å². The number of hydrogen-bond donors (Lipinski definition) is 2. The lowest BCUT2D eigenvalue weighted by Crippen LogP contribution is -2.36. The fourth-order valence-electron chi connectivity index (χ4n) is 11.0. The predicted octanol–water partition coefficient (Wildman–Crippen LogP) is 6.51. The van der Waals surface area contributed by atoms with Crippen LogP contribution in [0, 0.1) is 13.8 Å². The molecule has 0 amide bonds. The Bertz CT molecular complexity index is 2060. The molecular formula is C40H40N6O2. The average molecular weight is 637 g/mol. The standard InChI is InChI=1S/C40H40N6O2/c1-21-22(2)28(36-26(20-48)16-34-38(36)30-18-42-40(44-30)32-6-4-14-46(32)34)12-11-27(21)23-7-9-24(10-8-23)35-25(19-47)15-33-37(35)29-17-41-39(43-29)31-5-3-13-45(31)33/h7-12,17-18,31-38H,3-6,13-16H2,1-2H3,(H,41,43)(H,42,44)/t31?,32?,33?,34?,35?,36-,37?,38-/m1/s1. The molecule has 4 aliphatic heterocycles. The van der Waals surface area contributed by atoms with Gasteiger partial charge in [0.15, 0.2) is 0 Å². The number of aromatic nitrogens is 4. The van der Waals surface area contributed by atoms with Gasteiger partial charge in [0.05, 0.1) is 12.1 Å². The van der Waals surface area contributed by atoms with Crippen LogP contribution in [-0.4, -0.2) is 66.8 Å². The zero-order valence-electron chi connectivity index (χ0n) is 27.5. The number of rotatable bonds is 3. The topological polar surface area (TPSA) is 98.0 Å². The molecule has 8 atom stereocenters. The first-order chi connectivity index (χ1) is 23.5. The Labute approximate surface area is 280 Å². The molecule has 8 heteroatoms. The Morgan fingerprint density at radius 1 is 0.708 bits per heavy atom. The van der Waals surface area contributed by atoms with Gasteiger partial charge in [-0.3, -0.25) is 9.80 Å². The van der Waals surface area contributed by atoms with Crippen LogP contribution in [0.3, 0.4) is 0 Å². The van der Waals surface area contributed by atoms with Crippen molar-refractivity contribution in [1.82, 2.24) is 29.7 Å². The predicted molar refractivity (Wildman–Crippen MR) is 182 cm³/mol. The maximum Gasteiger partial charge on any atom is 0.124 e. The first-order valence-corrected chi connectivity index (χ1v) is 17.8. The van der Waals surface area contributed by atoms with E-state index in [0.717, 1.165) is 90.5 Å². The summed E-state index contributed by atoms with van der Waals surface area (Å²) < 4.78 is 0. The van der Waals surface area contributed by atoms with Crippen LogP contribution < -0.4 is 0 Å². The van der Waals surface area contributed by atoms with Crippen LogP contribution in [0.1, 0.15) is 120 Å². The number of carbonyl (C=O) groups excluding carboxylic acids is 2. The molecular weight excluding hydrogens is 596 g/mol. The summed E-state index contributed by atoms with van der Waals surface area (Å²) in [6, 6.07) is 14.6. The summed E-state index contributed by atoms with van der Waals surface area (Å²) in [5.74, 6) is 7.24. The molecule has 0 spiro atoms. The third-order valence-corrected chi connectivity index (χ3v) is 13.2. The van der Waals surface area contributed by atoms with Crippen molar-refractivity contribution in [3.05, 3.63) is 105 Å². The number of aromatic amines is 2. The second-order valence-corrected chi connectivity index (χ2v) is 15.1. The minimum Gasteiger partial charge on any atom is -0.344 e. The molecule has 2 saturated carbocycles. The summed E-state index contributed by atoms with van der Waals surface area (Å²) in [6.07, 6.45) is 10.1. The number of H-pyrrole nitrogens is 2. The molecule has 4 aromatic rings. The van der Waals surface area contributed by atoms with Gasteiger partial charge in [-0.25, -0.2) is 19.6 Å². The van der Waals surface area contributed by atoms with E-state index in [-0.39, 0.29) is 29.7 Å². The Hall–Kier alpha value is -4.32. The molecule has 0 radical (unpaired) electrons. The van der Waals surface area contributed by atoms with Crippen molar-refractivity contribution >= 4 is 11.9 Å². The van der Waals surface area contributed by atoms with Crippen molar-refractivity contribution in [3.8, 4) is 11.1 Å². The summed E-state index contributed by atoms with van der Waals surface area (Å²) in [7, 11) is 0. The molecule has 6 heterocycles. The first kappa shape index (κ1) is 28.7. The molecule has 2 N–H and O–H groups in total. The third-order valence-electron chi connectivity index (χ3n) is 13.2. The normalized spacial score (nSPS) is 31.9. The van der Waals surface area contributed by atoms with Crippen LogP contribution in [0.2, 0.25) is 0 Å². The van der Waals surface area contributed by atoms with Crippen LogP contribution in [-0.2, 0) is 9.59 Å². The van der Waals surface area contributed by atoms with E-state index in [1.807, 2.05) is 12.4 Å². The Morgan fingerprint density at radius 2 is 1.27 bits per heavy atom. The highest BCUT2D eigenvalue weighted by Gasteiger charge is 2.52. The number of nitrogens with one attached hydrogen (secondary N) is 2. The van der Waals surface area contributed by atoms with Gasteiger partial charge in [-0.2, -0.15) is 0 Å². The summed E-state index contributed by atoms with van der Waals surface area (Å²) in [6.45, 7) is 6.53. The quantitative estimate of drug-likeness (QED) is 0.249. The molecule has 6 aliphatic rings. The summed E-state index contributed by atoms with van der Waals surface area (Å²) in [5, 5.41) is 0. The van der Waals surface area contributed by atoms with Gasteiger partial charge >= 0.3 is 0 Å². The van der Waals surface area contributed by atoms with Gasteiger partial charge in [0.1, 0.15) is 23.5 Å². The summed E-state index contributed by atoms with van der Waals surface area (Å²) >= 11 is 0. The molecule has 2 saturated heterocycles. The van der Waals surface area contributed by atoms with E-state index < -0.39 is 0 Å². The molecule has 2 aliphatic carbocycles. The molecule has 2 aromatic carbocycles. The number of hydrogen-bond acceptors (Lipinski definition) is 6. The summed E-state index contributed by atoms with van der Waals surface area (Å²) in [4.78, 5) is 47.0. The molecule has 242 valence electrons. The van der Waals surface area contributed by atoms with Gasteiger partial charge in [-0.15, -0.1) is 0 Å². The van der Waals surface area contributed by atoms with E-state index in [1.54, 1.807) is 0 Å². The molecule has 4 bridgehead atoms. The third kappa shape index (κ3) is 3.92. The van der Waals surface area contributed by atoms with Crippen molar-refractivity contribution in [1.29, 1.82) is 0 Å². The van der Waals surface area contributed by atoms with Crippen molar-refractivity contribution in [2.45, 2.75) is 100 Å². The Kier molecular flexibility index (Phi) is 6.32.